The largest absolute Gasteiger partial charge is 0.379 e. The second-order valence-corrected chi connectivity index (χ2v) is 6.77. The highest BCUT2D eigenvalue weighted by molar-refractivity contribution is 5.95. The fourth-order valence-corrected chi connectivity index (χ4v) is 3.32. The molecule has 1 N–H and O–H groups in total. The van der Waals surface area contributed by atoms with Gasteiger partial charge in [-0.3, -0.25) is 19.8 Å². The number of amides is 1. The normalized spacial score (nSPS) is 19.5. The van der Waals surface area contributed by atoms with Crippen LogP contribution < -0.4 is 5.32 Å². The summed E-state index contributed by atoms with van der Waals surface area (Å²) in [5.74, 6) is -0.199. The number of nitrogens with one attached hydrogen (secondary N) is 1. The lowest BCUT2D eigenvalue weighted by Crippen LogP contribution is -2.45. The number of rotatable bonds is 6. The fourth-order valence-electron chi connectivity index (χ4n) is 3.32. The number of anilines is 1. The first kappa shape index (κ1) is 19.5. The van der Waals surface area contributed by atoms with Crippen molar-refractivity contribution in [2.24, 2.45) is 0 Å². The molecule has 2 saturated heterocycles. The SMILES string of the molecule is C[C@@H](CNc1ccc(C(=O)N2CCOCC2)cc1[N+](=O)[O-])N1CCOCC1. The van der Waals surface area contributed by atoms with E-state index >= 15 is 0 Å². The van der Waals surface area contributed by atoms with Crippen molar-refractivity contribution in [2.45, 2.75) is 13.0 Å². The Balaban J connectivity index is 1.67. The number of hydrogen-bond acceptors (Lipinski definition) is 7. The number of nitro groups is 1. The van der Waals surface area contributed by atoms with Crippen LogP contribution in [0.15, 0.2) is 18.2 Å². The van der Waals surface area contributed by atoms with Crippen molar-refractivity contribution in [1.82, 2.24) is 9.80 Å². The summed E-state index contributed by atoms with van der Waals surface area (Å²) in [5.41, 5.74) is 0.678. The monoisotopic (exact) mass is 378 g/mol. The van der Waals surface area contributed by atoms with E-state index in [0.717, 1.165) is 13.1 Å². The van der Waals surface area contributed by atoms with Gasteiger partial charge in [0, 0.05) is 50.4 Å². The molecule has 0 aromatic heterocycles. The molecule has 3 rings (SSSR count). The number of benzene rings is 1. The Labute approximate surface area is 158 Å². The van der Waals surface area contributed by atoms with Crippen molar-refractivity contribution < 1.29 is 19.2 Å². The summed E-state index contributed by atoms with van der Waals surface area (Å²) in [7, 11) is 0. The van der Waals surface area contributed by atoms with E-state index < -0.39 is 4.92 Å². The van der Waals surface area contributed by atoms with E-state index in [1.165, 1.54) is 6.07 Å². The van der Waals surface area contributed by atoms with Gasteiger partial charge < -0.3 is 19.7 Å². The number of ether oxygens (including phenoxy) is 2. The molecule has 1 aromatic rings. The summed E-state index contributed by atoms with van der Waals surface area (Å²) in [6.45, 7) is 7.80. The number of nitro benzene ring substituents is 1. The third kappa shape index (κ3) is 4.94. The zero-order chi connectivity index (χ0) is 19.2. The number of hydrogen-bond donors (Lipinski definition) is 1. The minimum atomic E-state index is -0.447. The van der Waals surface area contributed by atoms with Crippen LogP contribution in [0.2, 0.25) is 0 Å². The van der Waals surface area contributed by atoms with E-state index in [1.807, 2.05) is 0 Å². The molecule has 0 aliphatic carbocycles. The molecule has 0 saturated carbocycles. The first-order valence-electron chi connectivity index (χ1n) is 9.27. The zero-order valence-corrected chi connectivity index (χ0v) is 15.6. The van der Waals surface area contributed by atoms with Gasteiger partial charge in [0.25, 0.3) is 11.6 Å². The van der Waals surface area contributed by atoms with Crippen LogP contribution in [0.3, 0.4) is 0 Å². The van der Waals surface area contributed by atoms with Crippen LogP contribution in [0.5, 0.6) is 0 Å². The van der Waals surface area contributed by atoms with Crippen LogP contribution in [-0.2, 0) is 9.47 Å². The Hall–Kier alpha value is -2.23. The van der Waals surface area contributed by atoms with Gasteiger partial charge in [-0.15, -0.1) is 0 Å². The van der Waals surface area contributed by atoms with Gasteiger partial charge in [-0.25, -0.2) is 0 Å². The highest BCUT2D eigenvalue weighted by atomic mass is 16.6. The van der Waals surface area contributed by atoms with Crippen molar-refractivity contribution in [1.29, 1.82) is 0 Å². The van der Waals surface area contributed by atoms with E-state index in [2.05, 4.69) is 17.1 Å². The number of nitrogens with zero attached hydrogens (tertiary/aromatic N) is 3. The molecule has 0 spiro atoms. The molecular formula is C18H26N4O5. The van der Waals surface area contributed by atoms with Crippen LogP contribution in [0.25, 0.3) is 0 Å². The van der Waals surface area contributed by atoms with Gasteiger partial charge in [-0.05, 0) is 19.1 Å². The van der Waals surface area contributed by atoms with Gasteiger partial charge in [0.15, 0.2) is 0 Å². The van der Waals surface area contributed by atoms with Crippen LogP contribution in [0.1, 0.15) is 17.3 Å². The predicted molar refractivity (Wildman–Crippen MR) is 100 cm³/mol. The minimum Gasteiger partial charge on any atom is -0.379 e. The summed E-state index contributed by atoms with van der Waals surface area (Å²) in [4.78, 5) is 27.6. The molecule has 2 fully saturated rings. The average molecular weight is 378 g/mol. The lowest BCUT2D eigenvalue weighted by Gasteiger charge is -2.32. The highest BCUT2D eigenvalue weighted by Gasteiger charge is 2.23. The molecule has 0 bridgehead atoms. The van der Waals surface area contributed by atoms with Crippen LogP contribution >= 0.6 is 0 Å². The maximum absolute atomic E-state index is 12.6. The van der Waals surface area contributed by atoms with Gasteiger partial charge in [0.1, 0.15) is 5.69 Å². The third-order valence-electron chi connectivity index (χ3n) is 5.00. The summed E-state index contributed by atoms with van der Waals surface area (Å²) in [6, 6.07) is 4.85. The number of morpholine rings is 2. The van der Waals surface area contributed by atoms with Gasteiger partial charge in [0.05, 0.1) is 31.4 Å². The molecule has 9 heteroatoms. The van der Waals surface area contributed by atoms with E-state index in [1.54, 1.807) is 17.0 Å². The molecule has 148 valence electrons. The summed E-state index contributed by atoms with van der Waals surface area (Å²) < 4.78 is 10.6. The summed E-state index contributed by atoms with van der Waals surface area (Å²) in [6.07, 6.45) is 0. The van der Waals surface area contributed by atoms with Crippen molar-refractivity contribution in [3.05, 3.63) is 33.9 Å². The first-order chi connectivity index (χ1) is 13.1. The number of carbonyl (C=O) groups excluding carboxylic acids is 1. The third-order valence-corrected chi connectivity index (χ3v) is 5.00. The fraction of sp³-hybridized carbons (Fsp3) is 0.611. The lowest BCUT2D eigenvalue weighted by molar-refractivity contribution is -0.384. The maximum Gasteiger partial charge on any atom is 0.293 e. The summed E-state index contributed by atoms with van der Waals surface area (Å²) >= 11 is 0. The Morgan fingerprint density at radius 2 is 1.81 bits per heavy atom. The van der Waals surface area contributed by atoms with Crippen molar-refractivity contribution >= 4 is 17.3 Å². The zero-order valence-electron chi connectivity index (χ0n) is 15.6. The average Bonchev–Trinajstić information content (AvgIpc) is 2.72. The minimum absolute atomic E-state index is 0.0803. The molecule has 2 heterocycles. The Morgan fingerprint density at radius 3 is 2.44 bits per heavy atom. The van der Waals surface area contributed by atoms with Crippen LogP contribution in [-0.4, -0.2) is 85.8 Å². The molecule has 2 aliphatic heterocycles. The molecule has 1 atom stereocenters. The second-order valence-electron chi connectivity index (χ2n) is 6.77. The van der Waals surface area contributed by atoms with E-state index in [-0.39, 0.29) is 17.6 Å². The summed E-state index contributed by atoms with van der Waals surface area (Å²) in [5, 5.41) is 14.7. The van der Waals surface area contributed by atoms with Crippen LogP contribution in [0, 0.1) is 10.1 Å². The highest BCUT2D eigenvalue weighted by Crippen LogP contribution is 2.26. The molecular weight excluding hydrogens is 352 g/mol. The predicted octanol–water partition coefficient (Wildman–Crippen LogP) is 1.20. The second kappa shape index (κ2) is 9.12. The Bertz CT molecular complexity index is 672. The van der Waals surface area contributed by atoms with Crippen molar-refractivity contribution in [3.8, 4) is 0 Å². The van der Waals surface area contributed by atoms with Gasteiger partial charge in [-0.2, -0.15) is 0 Å². The van der Waals surface area contributed by atoms with Crippen molar-refractivity contribution in [2.75, 3.05) is 64.5 Å². The van der Waals surface area contributed by atoms with E-state index in [9.17, 15) is 14.9 Å². The van der Waals surface area contributed by atoms with Gasteiger partial charge in [-0.1, -0.05) is 0 Å². The molecule has 27 heavy (non-hydrogen) atoms. The topological polar surface area (TPSA) is 97.2 Å². The molecule has 9 nitrogen and oxygen atoms in total. The molecule has 1 amide bonds. The van der Waals surface area contributed by atoms with Crippen LogP contribution in [0.4, 0.5) is 11.4 Å². The molecule has 0 radical (unpaired) electrons. The molecule has 0 unspecified atom stereocenters. The molecule has 1 aromatic carbocycles. The Morgan fingerprint density at radius 1 is 1.19 bits per heavy atom. The van der Waals surface area contributed by atoms with Gasteiger partial charge in [0.2, 0.25) is 0 Å². The quantitative estimate of drug-likeness (QED) is 0.587. The van der Waals surface area contributed by atoms with Crippen molar-refractivity contribution in [3.63, 3.8) is 0 Å². The van der Waals surface area contributed by atoms with Gasteiger partial charge >= 0.3 is 0 Å². The van der Waals surface area contributed by atoms with E-state index in [0.29, 0.717) is 57.3 Å². The maximum atomic E-state index is 12.6. The Kier molecular flexibility index (Phi) is 6.59. The first-order valence-corrected chi connectivity index (χ1v) is 9.27. The lowest BCUT2D eigenvalue weighted by atomic mass is 10.1. The number of carbonyl (C=O) groups is 1. The standard InChI is InChI=1S/C18H26N4O5/c1-14(20-4-8-26-9-5-20)13-19-16-3-2-15(12-17(16)22(24)25)18(23)21-6-10-27-11-7-21/h2-3,12,14,19H,4-11,13H2,1H3/t14-/m0/s1. The van der Waals surface area contributed by atoms with E-state index in [4.69, 9.17) is 9.47 Å². The smallest absolute Gasteiger partial charge is 0.293 e. The molecule has 2 aliphatic rings.